The molecule has 0 saturated carbocycles. The van der Waals surface area contributed by atoms with E-state index in [0.29, 0.717) is 66.4 Å². The third-order valence-electron chi connectivity index (χ3n) is 10.2. The number of piperidine rings is 1. The van der Waals surface area contributed by atoms with Gasteiger partial charge in [0.15, 0.2) is 5.82 Å². The van der Waals surface area contributed by atoms with Gasteiger partial charge in [-0.1, -0.05) is 19.9 Å². The van der Waals surface area contributed by atoms with Crippen LogP contribution in [-0.2, 0) is 11.2 Å². The van der Waals surface area contributed by atoms with Gasteiger partial charge in [-0.25, -0.2) is 13.2 Å². The number of pyridine rings is 1. The number of carboxylic acids is 1. The van der Waals surface area contributed by atoms with Crippen LogP contribution in [0.25, 0.3) is 32.9 Å². The molecule has 2 aromatic carbocycles. The van der Waals surface area contributed by atoms with E-state index in [0.717, 1.165) is 19.4 Å². The molecule has 3 aliphatic rings. The van der Waals surface area contributed by atoms with Crippen molar-refractivity contribution in [2.45, 2.75) is 57.7 Å². The highest BCUT2D eigenvalue weighted by Gasteiger charge is 2.49. The number of alkyl halides is 1. The molecule has 0 amide bonds. The highest BCUT2D eigenvalue weighted by molar-refractivity contribution is 6.01. The quantitative estimate of drug-likeness (QED) is 0.257. The Morgan fingerprint density at radius 2 is 2.00 bits per heavy atom. The number of halogens is 3. The number of hydrogen-bond donors (Lipinski definition) is 2. The van der Waals surface area contributed by atoms with Gasteiger partial charge >= 0.3 is 12.0 Å². The lowest BCUT2D eigenvalue weighted by molar-refractivity contribution is -0.144. The normalized spacial score (nSPS) is 25.0. The molecule has 3 saturated heterocycles. The zero-order chi connectivity index (χ0) is 32.3. The second-order valence-corrected chi connectivity index (χ2v) is 13.0. The van der Waals surface area contributed by atoms with Crippen LogP contribution in [0, 0.1) is 23.5 Å². The van der Waals surface area contributed by atoms with Crippen molar-refractivity contribution >= 4 is 33.5 Å². The van der Waals surface area contributed by atoms with Crippen LogP contribution >= 0.6 is 0 Å². The Hall–Kier alpha value is -4.19. The number of ether oxygens (including phenoxy) is 1. The van der Waals surface area contributed by atoms with Gasteiger partial charge in [-0.05, 0) is 72.7 Å². The number of aromatic nitrogens is 3. The minimum atomic E-state index is -0.949. The monoisotopic (exact) mass is 635 g/mol. The number of phenolic OH excluding ortho intramolecular Hbond substituents is 1. The van der Waals surface area contributed by atoms with Gasteiger partial charge in [-0.15, -0.1) is 0 Å². The lowest BCUT2D eigenvalue weighted by Crippen LogP contribution is -2.44. The second-order valence-electron chi connectivity index (χ2n) is 13.0. The maximum absolute atomic E-state index is 16.8. The van der Waals surface area contributed by atoms with Gasteiger partial charge in [0.05, 0.1) is 16.8 Å². The summed E-state index contributed by atoms with van der Waals surface area (Å²) < 4.78 is 52.4. The van der Waals surface area contributed by atoms with E-state index in [1.54, 1.807) is 6.92 Å². The number of carbonyl (C=O) groups is 1. The first kappa shape index (κ1) is 30.5. The molecule has 12 heteroatoms. The molecule has 0 radical (unpaired) electrons. The zero-order valence-corrected chi connectivity index (χ0v) is 25.8. The number of hydrogen-bond acceptors (Lipinski definition) is 8. The van der Waals surface area contributed by atoms with E-state index in [9.17, 15) is 23.8 Å². The molecule has 0 aliphatic carbocycles. The average molecular weight is 636 g/mol. The van der Waals surface area contributed by atoms with Gasteiger partial charge in [0.25, 0.3) is 0 Å². The fourth-order valence-corrected chi connectivity index (χ4v) is 7.90. The molecule has 0 unspecified atom stereocenters. The van der Waals surface area contributed by atoms with Crippen molar-refractivity contribution in [1.82, 2.24) is 19.9 Å². The standard InChI is InChI=1S/C34H36F3N5O4/c1-3-22-26(36)6-5-19-11-21(43)12-24(27(19)22)29-28(37)30-25(14-38-29)31(41-10-7-23(32(44)45)18(2)15-41)40-33(39-30)46-17-34-8-4-9-42(34)16-20(35)13-34/h5-6,11-12,14,18,20,23,43H,3-4,7-10,13,15-17H2,1-2H3,(H,44,45)/t18-,20-,23-,34+/m1/s1. The molecule has 4 atom stereocenters. The van der Waals surface area contributed by atoms with Crippen LogP contribution in [-0.4, -0.2) is 80.5 Å². The van der Waals surface area contributed by atoms with Crippen LogP contribution in [0.5, 0.6) is 11.8 Å². The highest BCUT2D eigenvalue weighted by atomic mass is 19.1. The van der Waals surface area contributed by atoms with E-state index in [4.69, 9.17) is 9.72 Å². The van der Waals surface area contributed by atoms with Crippen molar-refractivity contribution in [1.29, 1.82) is 0 Å². The van der Waals surface area contributed by atoms with Crippen LogP contribution in [0.4, 0.5) is 19.0 Å². The molecule has 5 heterocycles. The Morgan fingerprint density at radius 3 is 2.76 bits per heavy atom. The fourth-order valence-electron chi connectivity index (χ4n) is 7.90. The first-order valence-electron chi connectivity index (χ1n) is 15.9. The lowest BCUT2D eigenvalue weighted by atomic mass is 9.87. The van der Waals surface area contributed by atoms with Crippen LogP contribution in [0.2, 0.25) is 0 Å². The summed E-state index contributed by atoms with van der Waals surface area (Å²) in [6, 6.07) is 5.67. The van der Waals surface area contributed by atoms with E-state index in [2.05, 4.69) is 14.9 Å². The Morgan fingerprint density at radius 1 is 1.17 bits per heavy atom. The molecular formula is C34H36F3N5O4. The summed E-state index contributed by atoms with van der Waals surface area (Å²) >= 11 is 0. The number of anilines is 1. The van der Waals surface area contributed by atoms with Crippen LogP contribution < -0.4 is 9.64 Å². The number of carboxylic acid groups (broad SMARTS) is 1. The van der Waals surface area contributed by atoms with Gasteiger partial charge < -0.3 is 19.8 Å². The van der Waals surface area contributed by atoms with Gasteiger partial charge in [-0.3, -0.25) is 14.7 Å². The Labute approximate surface area is 264 Å². The SMILES string of the molecule is CCc1c(F)ccc2cc(O)cc(-c3ncc4c(N5CC[C@@H](C(=O)O)[C@H](C)C5)nc(OC[C@@]56CCCN5C[C@H](F)C6)nc4c3F)c12. The summed E-state index contributed by atoms with van der Waals surface area (Å²) in [6.45, 7) is 5.68. The predicted octanol–water partition coefficient (Wildman–Crippen LogP) is 5.89. The molecule has 2 aromatic heterocycles. The van der Waals surface area contributed by atoms with Crippen molar-refractivity contribution in [3.63, 3.8) is 0 Å². The average Bonchev–Trinajstić information content (AvgIpc) is 3.55. The largest absolute Gasteiger partial charge is 0.508 e. The summed E-state index contributed by atoms with van der Waals surface area (Å²) in [7, 11) is 0. The van der Waals surface area contributed by atoms with Gasteiger partial charge in [0.1, 0.15) is 41.4 Å². The number of aryl methyl sites for hydroxylation is 1. The number of fused-ring (bicyclic) bond motifs is 3. The Kier molecular flexibility index (Phi) is 7.65. The van der Waals surface area contributed by atoms with E-state index in [1.165, 1.54) is 30.5 Å². The van der Waals surface area contributed by atoms with E-state index >= 15 is 4.39 Å². The van der Waals surface area contributed by atoms with E-state index in [-0.39, 0.29) is 41.1 Å². The van der Waals surface area contributed by atoms with Gasteiger partial charge in [0.2, 0.25) is 0 Å². The molecule has 46 heavy (non-hydrogen) atoms. The minimum absolute atomic E-state index is 0.0699. The third kappa shape index (κ3) is 5.06. The van der Waals surface area contributed by atoms with Crippen molar-refractivity contribution < 1.29 is 32.9 Å². The van der Waals surface area contributed by atoms with Crippen molar-refractivity contribution in [2.24, 2.45) is 11.8 Å². The number of aromatic hydroxyl groups is 1. The van der Waals surface area contributed by atoms with E-state index < -0.39 is 35.2 Å². The molecule has 9 nitrogen and oxygen atoms in total. The molecule has 242 valence electrons. The molecule has 7 rings (SSSR count). The van der Waals surface area contributed by atoms with Crippen molar-refractivity contribution in [3.8, 4) is 23.0 Å². The second kappa shape index (κ2) is 11.6. The molecule has 3 aliphatic heterocycles. The molecule has 4 aromatic rings. The molecule has 3 fully saturated rings. The van der Waals surface area contributed by atoms with Gasteiger partial charge in [0, 0.05) is 37.8 Å². The van der Waals surface area contributed by atoms with E-state index in [1.807, 2.05) is 11.8 Å². The Bertz CT molecular complexity index is 1860. The van der Waals surface area contributed by atoms with Crippen LogP contribution in [0.3, 0.4) is 0 Å². The van der Waals surface area contributed by atoms with Crippen LogP contribution in [0.15, 0.2) is 30.5 Å². The number of benzene rings is 2. The highest BCUT2D eigenvalue weighted by Crippen LogP contribution is 2.42. The minimum Gasteiger partial charge on any atom is -0.508 e. The molecule has 2 N–H and O–H groups in total. The summed E-state index contributed by atoms with van der Waals surface area (Å²) in [4.78, 5) is 29.5. The summed E-state index contributed by atoms with van der Waals surface area (Å²) in [5, 5.41) is 21.5. The molecular weight excluding hydrogens is 599 g/mol. The molecule has 0 bridgehead atoms. The maximum Gasteiger partial charge on any atom is 0.319 e. The summed E-state index contributed by atoms with van der Waals surface area (Å²) in [5.74, 6) is -2.56. The first-order valence-corrected chi connectivity index (χ1v) is 15.9. The maximum atomic E-state index is 16.8. The third-order valence-corrected chi connectivity index (χ3v) is 10.2. The number of rotatable bonds is 7. The van der Waals surface area contributed by atoms with Crippen molar-refractivity contribution in [2.75, 3.05) is 37.7 Å². The topological polar surface area (TPSA) is 112 Å². The molecule has 0 spiro atoms. The number of phenols is 1. The lowest BCUT2D eigenvalue weighted by Gasteiger charge is -2.36. The first-order chi connectivity index (χ1) is 22.1. The summed E-state index contributed by atoms with van der Waals surface area (Å²) in [6.07, 6.45) is 3.28. The van der Waals surface area contributed by atoms with Crippen LogP contribution in [0.1, 0.15) is 45.1 Å². The smallest absolute Gasteiger partial charge is 0.319 e. The van der Waals surface area contributed by atoms with Gasteiger partial charge in [-0.2, -0.15) is 9.97 Å². The Balaban J connectivity index is 1.36. The zero-order valence-electron chi connectivity index (χ0n) is 25.8. The summed E-state index contributed by atoms with van der Waals surface area (Å²) in [5.41, 5.74) is -0.0577. The number of aliphatic carboxylic acids is 1. The fraction of sp³-hybridized carbons (Fsp3) is 0.471. The van der Waals surface area contributed by atoms with Crippen molar-refractivity contribution in [3.05, 3.63) is 47.7 Å². The number of nitrogens with zero attached hydrogens (tertiary/aromatic N) is 5. The predicted molar refractivity (Wildman–Crippen MR) is 167 cm³/mol.